The van der Waals surface area contributed by atoms with Crippen molar-refractivity contribution in [2.45, 2.75) is 13.0 Å². The van der Waals surface area contributed by atoms with Crippen molar-refractivity contribution < 1.29 is 19.4 Å². The minimum Gasteiger partial charge on any atom is -0.478 e. The van der Waals surface area contributed by atoms with Crippen LogP contribution in [-0.4, -0.2) is 36.9 Å². The van der Waals surface area contributed by atoms with Gasteiger partial charge in [0, 0.05) is 18.7 Å². The molecule has 104 valence electrons. The summed E-state index contributed by atoms with van der Waals surface area (Å²) >= 11 is 5.71. The van der Waals surface area contributed by atoms with Gasteiger partial charge in [-0.1, -0.05) is 11.6 Å². The molecule has 1 unspecified atom stereocenters. The maximum absolute atomic E-state index is 11.6. The topological polar surface area (TPSA) is 87.7 Å². The van der Waals surface area contributed by atoms with E-state index in [2.05, 4.69) is 10.6 Å². The Labute approximate surface area is 115 Å². The zero-order valence-corrected chi connectivity index (χ0v) is 11.3. The Bertz CT molecular complexity index is 479. The number of benzene rings is 1. The highest BCUT2D eigenvalue weighted by molar-refractivity contribution is 6.31. The van der Waals surface area contributed by atoms with E-state index in [1.807, 2.05) is 0 Å². The Hall–Kier alpha value is -1.79. The molecule has 3 N–H and O–H groups in total. The third kappa shape index (κ3) is 4.76. The standard InChI is InChI=1S/C12H15ClN2O4/c1-7(19-2)6-14-12(18)15-10-4-3-8(13)5-9(10)11(16)17/h3-5,7H,6H2,1-2H3,(H,16,17)(H2,14,15,18). The van der Waals surface area contributed by atoms with Crippen LogP contribution in [0.5, 0.6) is 0 Å². The van der Waals surface area contributed by atoms with Crippen LogP contribution >= 0.6 is 11.6 Å². The average Bonchev–Trinajstić information content (AvgIpc) is 2.37. The van der Waals surface area contributed by atoms with Crippen molar-refractivity contribution in [1.82, 2.24) is 5.32 Å². The molecule has 1 rings (SSSR count). The molecular formula is C12H15ClN2O4. The molecule has 7 heteroatoms. The van der Waals surface area contributed by atoms with Crippen LogP contribution in [-0.2, 0) is 4.74 Å². The lowest BCUT2D eigenvalue weighted by Gasteiger charge is -2.13. The van der Waals surface area contributed by atoms with Crippen LogP contribution in [0.2, 0.25) is 5.02 Å². The van der Waals surface area contributed by atoms with Gasteiger partial charge in [-0.2, -0.15) is 0 Å². The number of ether oxygens (including phenoxy) is 1. The summed E-state index contributed by atoms with van der Waals surface area (Å²) in [5.41, 5.74) is 0.113. The molecule has 0 aromatic heterocycles. The fourth-order valence-corrected chi connectivity index (χ4v) is 1.46. The number of hydrogen-bond acceptors (Lipinski definition) is 3. The largest absolute Gasteiger partial charge is 0.478 e. The number of halogens is 1. The fourth-order valence-electron chi connectivity index (χ4n) is 1.29. The Balaban J connectivity index is 2.71. The van der Waals surface area contributed by atoms with Crippen molar-refractivity contribution in [3.63, 3.8) is 0 Å². The number of nitrogens with one attached hydrogen (secondary N) is 2. The fraction of sp³-hybridized carbons (Fsp3) is 0.333. The minimum absolute atomic E-state index is 0.0672. The van der Waals surface area contributed by atoms with Crippen molar-refractivity contribution >= 4 is 29.3 Å². The summed E-state index contributed by atoms with van der Waals surface area (Å²) in [6.07, 6.45) is -0.130. The molecule has 6 nitrogen and oxygen atoms in total. The lowest BCUT2D eigenvalue weighted by atomic mass is 10.2. The molecule has 0 fully saturated rings. The molecule has 0 heterocycles. The molecule has 1 aromatic rings. The molecule has 1 aromatic carbocycles. The molecule has 0 bridgehead atoms. The summed E-state index contributed by atoms with van der Waals surface area (Å²) in [7, 11) is 1.53. The van der Waals surface area contributed by atoms with Gasteiger partial charge in [-0.3, -0.25) is 0 Å². The molecule has 0 saturated carbocycles. The van der Waals surface area contributed by atoms with Gasteiger partial charge >= 0.3 is 12.0 Å². The summed E-state index contributed by atoms with van der Waals surface area (Å²) in [6, 6.07) is 3.71. The third-order valence-electron chi connectivity index (χ3n) is 2.41. The predicted molar refractivity (Wildman–Crippen MR) is 71.9 cm³/mol. The highest BCUT2D eigenvalue weighted by Gasteiger charge is 2.13. The van der Waals surface area contributed by atoms with E-state index >= 15 is 0 Å². The van der Waals surface area contributed by atoms with E-state index in [1.165, 1.54) is 25.3 Å². The van der Waals surface area contributed by atoms with Crippen molar-refractivity contribution in [1.29, 1.82) is 0 Å². The molecule has 0 aliphatic rings. The zero-order chi connectivity index (χ0) is 14.4. The number of carboxylic acids is 1. The highest BCUT2D eigenvalue weighted by Crippen LogP contribution is 2.20. The molecule has 0 saturated heterocycles. The Morgan fingerprint density at radius 1 is 1.47 bits per heavy atom. The second-order valence-corrected chi connectivity index (χ2v) is 4.31. The molecular weight excluding hydrogens is 272 g/mol. The average molecular weight is 287 g/mol. The van der Waals surface area contributed by atoms with E-state index in [9.17, 15) is 9.59 Å². The molecule has 0 aliphatic heterocycles. The Morgan fingerprint density at radius 2 is 2.16 bits per heavy atom. The van der Waals surface area contributed by atoms with E-state index in [-0.39, 0.29) is 22.4 Å². The van der Waals surface area contributed by atoms with Gasteiger partial charge in [-0.25, -0.2) is 9.59 Å². The molecule has 0 aliphatic carbocycles. The summed E-state index contributed by atoms with van der Waals surface area (Å²) in [6.45, 7) is 2.11. The number of urea groups is 1. The van der Waals surface area contributed by atoms with Gasteiger partial charge in [0.05, 0.1) is 17.4 Å². The van der Waals surface area contributed by atoms with Crippen molar-refractivity contribution in [2.75, 3.05) is 19.0 Å². The first-order valence-corrected chi connectivity index (χ1v) is 5.92. The van der Waals surface area contributed by atoms with Gasteiger partial charge in [-0.15, -0.1) is 0 Å². The van der Waals surface area contributed by atoms with Gasteiger partial charge in [0.2, 0.25) is 0 Å². The monoisotopic (exact) mass is 286 g/mol. The smallest absolute Gasteiger partial charge is 0.337 e. The second kappa shape index (κ2) is 6.96. The van der Waals surface area contributed by atoms with Crippen LogP contribution in [0.4, 0.5) is 10.5 Å². The summed E-state index contributed by atoms with van der Waals surface area (Å²) in [5.74, 6) is -1.16. The number of hydrogen-bond donors (Lipinski definition) is 3. The van der Waals surface area contributed by atoms with Crippen LogP contribution in [0.1, 0.15) is 17.3 Å². The number of anilines is 1. The number of rotatable bonds is 5. The summed E-state index contributed by atoms with van der Waals surface area (Å²) in [4.78, 5) is 22.6. The lowest BCUT2D eigenvalue weighted by Crippen LogP contribution is -2.35. The quantitative estimate of drug-likeness (QED) is 0.774. The van der Waals surface area contributed by atoms with E-state index in [0.29, 0.717) is 6.54 Å². The lowest BCUT2D eigenvalue weighted by molar-refractivity contribution is 0.0698. The normalized spacial score (nSPS) is 11.7. The van der Waals surface area contributed by atoms with Crippen LogP contribution in [0.25, 0.3) is 0 Å². The summed E-state index contributed by atoms with van der Waals surface area (Å²) in [5, 5.41) is 14.3. The number of amides is 2. The third-order valence-corrected chi connectivity index (χ3v) is 2.65. The van der Waals surface area contributed by atoms with E-state index in [1.54, 1.807) is 6.92 Å². The minimum atomic E-state index is -1.16. The number of carbonyl (C=O) groups excluding carboxylic acids is 1. The van der Waals surface area contributed by atoms with Gasteiger partial charge in [0.15, 0.2) is 0 Å². The molecule has 0 spiro atoms. The number of carboxylic acid groups (broad SMARTS) is 1. The molecule has 1 atom stereocenters. The SMILES string of the molecule is COC(C)CNC(=O)Nc1ccc(Cl)cc1C(=O)O. The first-order valence-electron chi connectivity index (χ1n) is 5.54. The van der Waals surface area contributed by atoms with Crippen molar-refractivity contribution in [3.05, 3.63) is 28.8 Å². The first-order chi connectivity index (χ1) is 8.93. The van der Waals surface area contributed by atoms with E-state index in [0.717, 1.165) is 0 Å². The first kappa shape index (κ1) is 15.3. The molecule has 2 amide bonds. The Morgan fingerprint density at radius 3 is 2.74 bits per heavy atom. The van der Waals surface area contributed by atoms with Crippen LogP contribution < -0.4 is 10.6 Å². The van der Waals surface area contributed by atoms with Crippen LogP contribution in [0.3, 0.4) is 0 Å². The maximum Gasteiger partial charge on any atom is 0.337 e. The number of methoxy groups -OCH3 is 1. The maximum atomic E-state index is 11.6. The van der Waals surface area contributed by atoms with Gasteiger partial charge in [0.25, 0.3) is 0 Å². The van der Waals surface area contributed by atoms with Crippen molar-refractivity contribution in [2.24, 2.45) is 0 Å². The number of carbonyl (C=O) groups is 2. The van der Waals surface area contributed by atoms with Gasteiger partial charge < -0.3 is 20.5 Å². The zero-order valence-electron chi connectivity index (χ0n) is 10.6. The number of aromatic carboxylic acids is 1. The summed E-state index contributed by atoms with van der Waals surface area (Å²) < 4.78 is 4.97. The van der Waals surface area contributed by atoms with E-state index < -0.39 is 12.0 Å². The Kier molecular flexibility index (Phi) is 5.59. The van der Waals surface area contributed by atoms with E-state index in [4.69, 9.17) is 21.4 Å². The van der Waals surface area contributed by atoms with Crippen molar-refractivity contribution in [3.8, 4) is 0 Å². The van der Waals surface area contributed by atoms with Crippen LogP contribution in [0.15, 0.2) is 18.2 Å². The molecule has 19 heavy (non-hydrogen) atoms. The van der Waals surface area contributed by atoms with Gasteiger partial charge in [-0.05, 0) is 25.1 Å². The second-order valence-electron chi connectivity index (χ2n) is 3.88. The highest BCUT2D eigenvalue weighted by atomic mass is 35.5. The van der Waals surface area contributed by atoms with Gasteiger partial charge in [0.1, 0.15) is 0 Å². The predicted octanol–water partition coefficient (Wildman–Crippen LogP) is 2.19. The van der Waals surface area contributed by atoms with Crippen LogP contribution in [0, 0.1) is 0 Å². The molecule has 0 radical (unpaired) electrons.